The van der Waals surface area contributed by atoms with Crippen LogP contribution < -0.4 is 9.47 Å². The Morgan fingerprint density at radius 1 is 1.00 bits per heavy atom. The molecule has 1 atom stereocenters. The van der Waals surface area contributed by atoms with Crippen LogP contribution in [0.2, 0.25) is 0 Å². The van der Waals surface area contributed by atoms with E-state index in [0.29, 0.717) is 5.92 Å². The molecule has 0 radical (unpaired) electrons. The van der Waals surface area contributed by atoms with Crippen molar-refractivity contribution in [2.45, 2.75) is 31.1 Å². The van der Waals surface area contributed by atoms with Gasteiger partial charge in [0, 0.05) is 0 Å². The van der Waals surface area contributed by atoms with Gasteiger partial charge in [-0.05, 0) is 61.1 Å². The van der Waals surface area contributed by atoms with Crippen molar-refractivity contribution in [3.8, 4) is 11.5 Å². The highest BCUT2D eigenvalue weighted by Gasteiger charge is 2.45. The molecule has 0 heterocycles. The van der Waals surface area contributed by atoms with Crippen LogP contribution in [0, 0.1) is 17.8 Å². The lowest BCUT2D eigenvalue weighted by Crippen LogP contribution is -2.13. The van der Waals surface area contributed by atoms with E-state index in [4.69, 9.17) is 21.1 Å². The van der Waals surface area contributed by atoms with Crippen LogP contribution in [0.25, 0.3) is 0 Å². The summed E-state index contributed by atoms with van der Waals surface area (Å²) < 4.78 is 10.7. The van der Waals surface area contributed by atoms with Crippen LogP contribution in [-0.2, 0) is 0 Å². The Morgan fingerprint density at radius 2 is 1.58 bits per heavy atom. The Labute approximate surface area is 120 Å². The molecule has 1 aromatic carbocycles. The molecule has 0 aromatic heterocycles. The van der Waals surface area contributed by atoms with Crippen LogP contribution in [0.5, 0.6) is 11.5 Å². The molecule has 0 amide bonds. The lowest BCUT2D eigenvalue weighted by molar-refractivity contribution is 0.352. The average Bonchev–Trinajstić information content (AvgIpc) is 3.31. The van der Waals surface area contributed by atoms with Crippen LogP contribution in [0.1, 0.15) is 36.6 Å². The van der Waals surface area contributed by atoms with Gasteiger partial charge in [0.15, 0.2) is 11.5 Å². The molecule has 104 valence electrons. The summed E-state index contributed by atoms with van der Waals surface area (Å²) >= 11 is 6.77. The van der Waals surface area contributed by atoms with E-state index in [0.717, 1.165) is 23.3 Å². The summed E-state index contributed by atoms with van der Waals surface area (Å²) in [5.74, 6) is 3.89. The minimum atomic E-state index is 0.111. The van der Waals surface area contributed by atoms with Gasteiger partial charge in [-0.1, -0.05) is 6.07 Å². The van der Waals surface area contributed by atoms with Crippen molar-refractivity contribution < 1.29 is 9.47 Å². The highest BCUT2D eigenvalue weighted by atomic mass is 35.5. The van der Waals surface area contributed by atoms with Crippen molar-refractivity contribution in [3.63, 3.8) is 0 Å². The minimum Gasteiger partial charge on any atom is -0.493 e. The van der Waals surface area contributed by atoms with Gasteiger partial charge in [-0.2, -0.15) is 0 Å². The van der Waals surface area contributed by atoms with Gasteiger partial charge in [-0.15, -0.1) is 11.6 Å². The van der Waals surface area contributed by atoms with E-state index in [2.05, 4.69) is 6.07 Å². The number of benzene rings is 1. The molecule has 2 aliphatic carbocycles. The van der Waals surface area contributed by atoms with Crippen LogP contribution in [-0.4, -0.2) is 14.2 Å². The zero-order valence-corrected chi connectivity index (χ0v) is 12.3. The van der Waals surface area contributed by atoms with Gasteiger partial charge in [0.25, 0.3) is 0 Å². The van der Waals surface area contributed by atoms with Gasteiger partial charge in [-0.25, -0.2) is 0 Å². The highest BCUT2D eigenvalue weighted by molar-refractivity contribution is 6.21. The van der Waals surface area contributed by atoms with Crippen molar-refractivity contribution in [1.82, 2.24) is 0 Å². The lowest BCUT2D eigenvalue weighted by Gasteiger charge is -2.23. The maximum atomic E-state index is 6.77. The van der Waals surface area contributed by atoms with E-state index in [1.165, 1.54) is 31.2 Å². The van der Waals surface area contributed by atoms with E-state index in [1.807, 2.05) is 12.1 Å². The van der Waals surface area contributed by atoms with Crippen LogP contribution in [0.4, 0.5) is 0 Å². The lowest BCUT2D eigenvalue weighted by atomic mass is 9.89. The molecule has 2 aliphatic rings. The number of halogens is 1. The summed E-state index contributed by atoms with van der Waals surface area (Å²) in [4.78, 5) is 0. The molecule has 0 saturated heterocycles. The predicted molar refractivity (Wildman–Crippen MR) is 77.1 cm³/mol. The monoisotopic (exact) mass is 280 g/mol. The van der Waals surface area contributed by atoms with Gasteiger partial charge in [0.1, 0.15) is 0 Å². The first kappa shape index (κ1) is 13.1. The Kier molecular flexibility index (Phi) is 3.62. The number of ether oxygens (including phenoxy) is 2. The maximum absolute atomic E-state index is 6.77. The van der Waals surface area contributed by atoms with Gasteiger partial charge in [0.2, 0.25) is 0 Å². The third kappa shape index (κ3) is 2.69. The van der Waals surface area contributed by atoms with Crippen LogP contribution >= 0.6 is 11.6 Å². The Bertz CT molecular complexity index is 440. The minimum absolute atomic E-state index is 0.111. The summed E-state index contributed by atoms with van der Waals surface area (Å²) in [5, 5.41) is 0.111. The largest absolute Gasteiger partial charge is 0.493 e. The summed E-state index contributed by atoms with van der Waals surface area (Å²) in [6, 6.07) is 6.07. The van der Waals surface area contributed by atoms with Gasteiger partial charge >= 0.3 is 0 Å². The molecule has 3 rings (SSSR count). The van der Waals surface area contributed by atoms with Crippen molar-refractivity contribution >= 4 is 11.6 Å². The Balaban J connectivity index is 1.83. The molecular formula is C16H21ClO2. The zero-order valence-electron chi connectivity index (χ0n) is 11.6. The van der Waals surface area contributed by atoms with E-state index < -0.39 is 0 Å². The smallest absolute Gasteiger partial charge is 0.161 e. The van der Waals surface area contributed by atoms with Crippen molar-refractivity contribution in [2.75, 3.05) is 14.2 Å². The standard InChI is InChI=1S/C16H21ClO2/c1-18-13-8-7-12(9-14(13)19-2)16(17)15(10-3-4-10)11-5-6-11/h7-11,15-16H,3-6H2,1-2H3. The number of hydrogen-bond donors (Lipinski definition) is 0. The summed E-state index contributed by atoms with van der Waals surface area (Å²) in [6.07, 6.45) is 5.44. The number of hydrogen-bond acceptors (Lipinski definition) is 2. The van der Waals surface area contributed by atoms with Crippen molar-refractivity contribution in [2.24, 2.45) is 17.8 Å². The van der Waals surface area contributed by atoms with E-state index in [1.54, 1.807) is 14.2 Å². The van der Waals surface area contributed by atoms with Gasteiger partial charge in [-0.3, -0.25) is 0 Å². The van der Waals surface area contributed by atoms with E-state index >= 15 is 0 Å². The average molecular weight is 281 g/mol. The first-order valence-corrected chi connectivity index (χ1v) is 7.54. The normalized spacial score (nSPS) is 20.4. The molecule has 0 N–H and O–H groups in total. The summed E-state index contributed by atoms with van der Waals surface area (Å²) in [7, 11) is 3.33. The first-order valence-electron chi connectivity index (χ1n) is 7.10. The van der Waals surface area contributed by atoms with E-state index in [-0.39, 0.29) is 5.38 Å². The van der Waals surface area contributed by atoms with Crippen molar-refractivity contribution in [1.29, 1.82) is 0 Å². The number of methoxy groups -OCH3 is 2. The highest BCUT2D eigenvalue weighted by Crippen LogP contribution is 2.56. The molecule has 2 fully saturated rings. The Hall–Kier alpha value is -0.890. The summed E-state index contributed by atoms with van der Waals surface area (Å²) in [6.45, 7) is 0. The molecule has 2 saturated carbocycles. The predicted octanol–water partition coefficient (Wildman–Crippen LogP) is 4.42. The molecule has 19 heavy (non-hydrogen) atoms. The second kappa shape index (κ2) is 5.24. The van der Waals surface area contributed by atoms with E-state index in [9.17, 15) is 0 Å². The molecule has 0 bridgehead atoms. The fourth-order valence-corrected chi connectivity index (χ4v) is 3.62. The molecular weight excluding hydrogens is 260 g/mol. The number of rotatable bonds is 6. The van der Waals surface area contributed by atoms with Gasteiger partial charge < -0.3 is 9.47 Å². The fraction of sp³-hybridized carbons (Fsp3) is 0.625. The quantitative estimate of drug-likeness (QED) is 0.718. The molecule has 0 spiro atoms. The Morgan fingerprint density at radius 3 is 2.05 bits per heavy atom. The molecule has 0 aliphatic heterocycles. The summed E-state index contributed by atoms with van der Waals surface area (Å²) in [5.41, 5.74) is 1.17. The third-order valence-electron chi connectivity index (χ3n) is 4.40. The zero-order chi connectivity index (χ0) is 13.4. The number of alkyl halides is 1. The topological polar surface area (TPSA) is 18.5 Å². The van der Waals surface area contributed by atoms with Crippen LogP contribution in [0.3, 0.4) is 0 Å². The molecule has 3 heteroatoms. The van der Waals surface area contributed by atoms with Gasteiger partial charge in [0.05, 0.1) is 19.6 Å². The second-order valence-corrected chi connectivity index (χ2v) is 6.24. The molecule has 1 unspecified atom stereocenters. The first-order chi connectivity index (χ1) is 9.24. The van der Waals surface area contributed by atoms with Crippen molar-refractivity contribution in [3.05, 3.63) is 23.8 Å². The molecule has 1 aromatic rings. The maximum Gasteiger partial charge on any atom is 0.161 e. The second-order valence-electron chi connectivity index (χ2n) is 5.77. The molecule has 2 nitrogen and oxygen atoms in total. The fourth-order valence-electron chi connectivity index (χ4n) is 3.07. The van der Waals surface area contributed by atoms with Crippen LogP contribution in [0.15, 0.2) is 18.2 Å². The third-order valence-corrected chi connectivity index (χ3v) is 4.94. The SMILES string of the molecule is COc1ccc(C(Cl)C(C2CC2)C2CC2)cc1OC.